The molecule has 1 fully saturated rings. The topological polar surface area (TPSA) is 86.5 Å². The lowest BCUT2D eigenvalue weighted by molar-refractivity contribution is 0.0697. The van der Waals surface area contributed by atoms with Crippen LogP contribution in [0.1, 0.15) is 47.2 Å². The molecule has 1 unspecified atom stereocenters. The minimum absolute atomic E-state index is 0.0120. The van der Waals surface area contributed by atoms with Crippen molar-refractivity contribution in [2.75, 3.05) is 13.2 Å². The molecule has 12 heteroatoms. The molecule has 3 heterocycles. The normalized spacial score (nSPS) is 15.9. The van der Waals surface area contributed by atoms with Crippen LogP contribution < -0.4 is 4.74 Å². The Labute approximate surface area is 260 Å². The monoisotopic (exact) mass is 639 g/mol. The number of pyridine rings is 1. The molecule has 1 aliphatic heterocycles. The first-order valence-corrected chi connectivity index (χ1v) is 14.3. The number of ether oxygens (including phenoxy) is 2. The standard InChI is InChI=1S/C33H26ClF4N3O4/c1-33(2)16-44-15-29(33)41-28-10-17(32(42)43)6-7-27(28)39-30(41)11-18-8-24(37)20(12-22(18)35)26-4-3-5-31(40-26)45-14-19-9-25(38)21(34)13-23(19)36/h3-10,12-13,29H,11,14-16H2,1-2H3,(H,42,43). The molecule has 3 aromatic carbocycles. The van der Waals surface area contributed by atoms with Gasteiger partial charge in [0.05, 0.1) is 46.6 Å². The van der Waals surface area contributed by atoms with E-state index in [1.54, 1.807) is 6.07 Å². The molecule has 0 radical (unpaired) electrons. The fourth-order valence-corrected chi connectivity index (χ4v) is 5.64. The Kier molecular flexibility index (Phi) is 8.00. The number of rotatable bonds is 8. The van der Waals surface area contributed by atoms with E-state index in [-0.39, 0.29) is 63.3 Å². The quantitative estimate of drug-likeness (QED) is 0.138. The molecule has 0 aliphatic carbocycles. The van der Waals surface area contributed by atoms with Crippen LogP contribution in [0.2, 0.25) is 5.02 Å². The third-order valence-electron chi connectivity index (χ3n) is 7.92. The Morgan fingerprint density at radius 2 is 1.76 bits per heavy atom. The van der Waals surface area contributed by atoms with Gasteiger partial charge >= 0.3 is 5.97 Å². The number of halogens is 5. The maximum Gasteiger partial charge on any atom is 0.335 e. The average molecular weight is 640 g/mol. The van der Waals surface area contributed by atoms with Crippen molar-refractivity contribution in [2.24, 2.45) is 5.41 Å². The molecule has 0 amide bonds. The van der Waals surface area contributed by atoms with Crippen molar-refractivity contribution in [1.29, 1.82) is 0 Å². The molecule has 1 N–H and O–H groups in total. The molecule has 0 saturated carbocycles. The van der Waals surface area contributed by atoms with Crippen molar-refractivity contribution >= 4 is 28.6 Å². The second-order valence-electron chi connectivity index (χ2n) is 11.5. The van der Waals surface area contributed by atoms with Crippen molar-refractivity contribution in [1.82, 2.24) is 14.5 Å². The Balaban J connectivity index is 1.31. The maximum absolute atomic E-state index is 15.6. The van der Waals surface area contributed by atoms with Crippen molar-refractivity contribution in [3.63, 3.8) is 0 Å². The number of carboxylic acids is 1. The molecule has 1 saturated heterocycles. The van der Waals surface area contributed by atoms with Gasteiger partial charge in [-0.15, -0.1) is 0 Å². The molecule has 1 aliphatic rings. The van der Waals surface area contributed by atoms with Crippen molar-refractivity contribution in [3.05, 3.63) is 111 Å². The third kappa shape index (κ3) is 5.97. The summed E-state index contributed by atoms with van der Waals surface area (Å²) < 4.78 is 72.2. The van der Waals surface area contributed by atoms with Crippen LogP contribution in [0, 0.1) is 28.7 Å². The van der Waals surface area contributed by atoms with Gasteiger partial charge in [-0.2, -0.15) is 0 Å². The summed E-state index contributed by atoms with van der Waals surface area (Å²) in [6, 6.07) is 12.6. The first kappa shape index (κ1) is 30.5. The predicted molar refractivity (Wildman–Crippen MR) is 158 cm³/mol. The van der Waals surface area contributed by atoms with Crippen LogP contribution in [0.25, 0.3) is 22.3 Å². The van der Waals surface area contributed by atoms with E-state index in [1.165, 1.54) is 30.3 Å². The summed E-state index contributed by atoms with van der Waals surface area (Å²) in [4.78, 5) is 20.6. The zero-order valence-electron chi connectivity index (χ0n) is 24.1. The minimum atomic E-state index is -1.09. The second kappa shape index (κ2) is 11.8. The molecule has 7 nitrogen and oxygen atoms in total. The van der Waals surface area contributed by atoms with Gasteiger partial charge in [0.1, 0.15) is 35.7 Å². The van der Waals surface area contributed by atoms with Crippen molar-refractivity contribution in [2.45, 2.75) is 32.9 Å². The van der Waals surface area contributed by atoms with Crippen LogP contribution in [0.3, 0.4) is 0 Å². The summed E-state index contributed by atoms with van der Waals surface area (Å²) in [6.07, 6.45) is -0.0769. The van der Waals surface area contributed by atoms with Crippen molar-refractivity contribution in [3.8, 4) is 17.1 Å². The molecule has 0 bridgehead atoms. The largest absolute Gasteiger partial charge is 0.478 e. The number of nitrogens with zero attached hydrogens (tertiary/aromatic N) is 3. The first-order valence-electron chi connectivity index (χ1n) is 13.9. The predicted octanol–water partition coefficient (Wildman–Crippen LogP) is 7.77. The van der Waals surface area contributed by atoms with Crippen LogP contribution in [-0.2, 0) is 17.8 Å². The Bertz CT molecular complexity index is 1960. The Morgan fingerprint density at radius 3 is 2.49 bits per heavy atom. The molecule has 6 rings (SSSR count). The van der Waals surface area contributed by atoms with Gasteiger partial charge in [0.25, 0.3) is 0 Å². The molecule has 45 heavy (non-hydrogen) atoms. The van der Waals surface area contributed by atoms with Crippen LogP contribution in [0.5, 0.6) is 5.88 Å². The lowest BCUT2D eigenvalue weighted by Gasteiger charge is -2.28. The molecule has 5 aromatic rings. The molecular weight excluding hydrogens is 614 g/mol. The summed E-state index contributed by atoms with van der Waals surface area (Å²) in [7, 11) is 0. The SMILES string of the molecule is CC1(C)COCC1n1c(Cc2cc(F)c(-c3cccc(OCc4cc(F)c(Cl)cc4F)n3)cc2F)nc2ccc(C(=O)O)cc21. The number of aromatic nitrogens is 3. The molecule has 232 valence electrons. The van der Waals surface area contributed by atoms with E-state index in [2.05, 4.69) is 9.97 Å². The fraction of sp³-hybridized carbons (Fsp3) is 0.242. The van der Waals surface area contributed by atoms with Crippen LogP contribution in [-0.4, -0.2) is 38.8 Å². The number of hydrogen-bond acceptors (Lipinski definition) is 5. The Hall–Kier alpha value is -4.48. The van der Waals surface area contributed by atoms with Gasteiger partial charge in [-0.1, -0.05) is 31.5 Å². The zero-order valence-corrected chi connectivity index (χ0v) is 24.8. The summed E-state index contributed by atoms with van der Waals surface area (Å²) in [5.74, 6) is -3.69. The molecular formula is C33H26ClF4N3O4. The van der Waals surface area contributed by atoms with Gasteiger partial charge in [0.15, 0.2) is 0 Å². The van der Waals surface area contributed by atoms with Gasteiger partial charge in [-0.3, -0.25) is 0 Å². The van der Waals surface area contributed by atoms with E-state index in [9.17, 15) is 18.7 Å². The highest BCUT2D eigenvalue weighted by Crippen LogP contribution is 2.40. The van der Waals surface area contributed by atoms with E-state index < -0.39 is 29.2 Å². The molecule has 2 aromatic heterocycles. The second-order valence-corrected chi connectivity index (χ2v) is 11.9. The van der Waals surface area contributed by atoms with Crippen LogP contribution >= 0.6 is 11.6 Å². The minimum Gasteiger partial charge on any atom is -0.478 e. The molecule has 1 atom stereocenters. The molecule has 0 spiro atoms. The van der Waals surface area contributed by atoms with Gasteiger partial charge in [0, 0.05) is 29.0 Å². The lowest BCUT2D eigenvalue weighted by Crippen LogP contribution is -2.27. The highest BCUT2D eigenvalue weighted by atomic mass is 35.5. The number of imidazole rings is 1. The number of fused-ring (bicyclic) bond motifs is 1. The number of hydrogen-bond donors (Lipinski definition) is 1. The fourth-order valence-electron chi connectivity index (χ4n) is 5.49. The van der Waals surface area contributed by atoms with Gasteiger partial charge in [-0.05, 0) is 54.1 Å². The lowest BCUT2D eigenvalue weighted by atomic mass is 9.87. The first-order chi connectivity index (χ1) is 21.4. The highest BCUT2D eigenvalue weighted by molar-refractivity contribution is 6.30. The zero-order chi connectivity index (χ0) is 32.0. The number of carbonyl (C=O) groups is 1. The summed E-state index contributed by atoms with van der Waals surface area (Å²) in [6.45, 7) is 4.48. The number of benzene rings is 3. The van der Waals surface area contributed by atoms with Gasteiger partial charge in [0.2, 0.25) is 5.88 Å². The van der Waals surface area contributed by atoms with Crippen molar-refractivity contribution < 1.29 is 36.9 Å². The Morgan fingerprint density at radius 1 is 1.00 bits per heavy atom. The summed E-state index contributed by atoms with van der Waals surface area (Å²) >= 11 is 5.60. The van der Waals surface area contributed by atoms with E-state index in [0.717, 1.165) is 24.3 Å². The van der Waals surface area contributed by atoms with E-state index in [4.69, 9.17) is 21.1 Å². The van der Waals surface area contributed by atoms with Gasteiger partial charge < -0.3 is 19.1 Å². The van der Waals surface area contributed by atoms with E-state index in [0.29, 0.717) is 30.1 Å². The smallest absolute Gasteiger partial charge is 0.335 e. The van der Waals surface area contributed by atoms with E-state index >= 15 is 8.78 Å². The maximum atomic E-state index is 15.6. The number of carboxylic acid groups (broad SMARTS) is 1. The summed E-state index contributed by atoms with van der Waals surface area (Å²) in [5, 5.41) is 9.21. The average Bonchev–Trinajstić information content (AvgIpc) is 3.53. The van der Waals surface area contributed by atoms with E-state index in [1.807, 2.05) is 18.4 Å². The highest BCUT2D eigenvalue weighted by Gasteiger charge is 2.39. The summed E-state index contributed by atoms with van der Waals surface area (Å²) in [5.41, 5.74) is 0.718. The van der Waals surface area contributed by atoms with Gasteiger partial charge in [-0.25, -0.2) is 32.3 Å². The van der Waals surface area contributed by atoms with Crippen LogP contribution in [0.15, 0.2) is 60.7 Å². The van der Waals surface area contributed by atoms with Crippen LogP contribution in [0.4, 0.5) is 17.6 Å². The number of aromatic carboxylic acids is 1. The third-order valence-corrected chi connectivity index (χ3v) is 8.21.